The number of ether oxygens (including phenoxy) is 2. The van der Waals surface area contributed by atoms with Gasteiger partial charge in [-0.05, 0) is 92.2 Å². The Kier molecular flexibility index (Phi) is 7.37. The summed E-state index contributed by atoms with van der Waals surface area (Å²) >= 11 is 0. The van der Waals surface area contributed by atoms with Gasteiger partial charge in [0.25, 0.3) is 0 Å². The molecule has 2 nitrogen and oxygen atoms in total. The van der Waals surface area contributed by atoms with E-state index in [1.165, 1.54) is 18.1 Å². The fourth-order valence-corrected chi connectivity index (χ4v) is 4.84. The smallest absolute Gasteiger partial charge is 0.126 e. The van der Waals surface area contributed by atoms with Crippen molar-refractivity contribution in [3.63, 3.8) is 0 Å². The fraction of sp³-hybridized carbons (Fsp3) is 0.583. The molecule has 148 valence electrons. The van der Waals surface area contributed by atoms with Crippen LogP contribution in [0.3, 0.4) is 0 Å². The molecule has 0 spiro atoms. The Morgan fingerprint density at radius 3 is 1.81 bits per heavy atom. The zero-order valence-electron chi connectivity index (χ0n) is 16.4. The molecular weight excluding hydrogens is 339 g/mol. The maximum Gasteiger partial charge on any atom is 0.126 e. The van der Waals surface area contributed by atoms with Gasteiger partial charge >= 0.3 is 0 Å². The molecule has 0 amide bonds. The van der Waals surface area contributed by atoms with E-state index in [1.807, 2.05) is 6.07 Å². The van der Waals surface area contributed by atoms with Crippen LogP contribution in [0.2, 0.25) is 0 Å². The van der Waals surface area contributed by atoms with Gasteiger partial charge in [-0.25, -0.2) is 4.39 Å². The molecule has 1 aromatic carbocycles. The Balaban J connectivity index is 1.54. The van der Waals surface area contributed by atoms with E-state index in [2.05, 4.69) is 25.3 Å². The van der Waals surface area contributed by atoms with E-state index in [1.54, 1.807) is 0 Å². The summed E-state index contributed by atoms with van der Waals surface area (Å²) in [6.07, 6.45) is 11.9. The van der Waals surface area contributed by atoms with Crippen LogP contribution in [0.25, 0.3) is 0 Å². The molecule has 0 bridgehead atoms. The molecule has 2 saturated carbocycles. The van der Waals surface area contributed by atoms with Gasteiger partial charge in [0.2, 0.25) is 0 Å². The maximum absolute atomic E-state index is 14.9. The second kappa shape index (κ2) is 9.96. The van der Waals surface area contributed by atoms with E-state index in [0.717, 1.165) is 70.1 Å². The Morgan fingerprint density at radius 2 is 1.33 bits per heavy atom. The van der Waals surface area contributed by atoms with E-state index < -0.39 is 0 Å². The molecule has 2 aliphatic carbocycles. The van der Waals surface area contributed by atoms with Gasteiger partial charge in [0, 0.05) is 0 Å². The lowest BCUT2D eigenvalue weighted by Gasteiger charge is -2.30. The van der Waals surface area contributed by atoms with Crippen LogP contribution in [0.1, 0.15) is 74.3 Å². The Morgan fingerprint density at radius 1 is 0.815 bits per heavy atom. The monoisotopic (exact) mass is 372 g/mol. The topological polar surface area (TPSA) is 18.5 Å². The first-order chi connectivity index (χ1) is 13.2. The Hall–Kier alpha value is -1.77. The second-order valence-electron chi connectivity index (χ2n) is 8.22. The molecule has 0 radical (unpaired) electrons. The lowest BCUT2D eigenvalue weighted by Crippen LogP contribution is -2.18. The Labute approximate surface area is 163 Å². The zero-order valence-corrected chi connectivity index (χ0v) is 16.4. The van der Waals surface area contributed by atoms with Crippen LogP contribution in [0.5, 0.6) is 0 Å². The van der Waals surface area contributed by atoms with Crippen molar-refractivity contribution in [2.24, 2.45) is 11.8 Å². The van der Waals surface area contributed by atoms with Gasteiger partial charge in [0.15, 0.2) is 0 Å². The van der Waals surface area contributed by atoms with Gasteiger partial charge < -0.3 is 9.47 Å². The quantitative estimate of drug-likeness (QED) is 0.473. The highest BCUT2D eigenvalue weighted by Gasteiger charge is 2.26. The summed E-state index contributed by atoms with van der Waals surface area (Å²) in [4.78, 5) is 0. The zero-order chi connectivity index (χ0) is 19.1. The standard InChI is InChI=1S/C24H33FO2/c1-3-26-16-18-5-9-20(10-6-18)22-13-14-23(24(25)15-22)21-11-7-19(8-12-21)17-27-4-2/h3-4,13-15,18-21H,1-2,5-12,16-17H2. The second-order valence-corrected chi connectivity index (χ2v) is 8.22. The molecule has 0 saturated heterocycles. The molecular formula is C24H33FO2. The summed E-state index contributed by atoms with van der Waals surface area (Å²) in [7, 11) is 0. The minimum atomic E-state index is -0.00425. The van der Waals surface area contributed by atoms with E-state index in [-0.39, 0.29) is 5.82 Å². The van der Waals surface area contributed by atoms with Crippen molar-refractivity contribution in [3.8, 4) is 0 Å². The molecule has 0 N–H and O–H groups in total. The van der Waals surface area contributed by atoms with Gasteiger partial charge in [0.1, 0.15) is 5.82 Å². The van der Waals surface area contributed by atoms with Crippen molar-refractivity contribution < 1.29 is 13.9 Å². The van der Waals surface area contributed by atoms with Crippen LogP contribution >= 0.6 is 0 Å². The molecule has 1 aromatic rings. The van der Waals surface area contributed by atoms with E-state index in [9.17, 15) is 4.39 Å². The normalized spacial score (nSPS) is 28.3. The lowest BCUT2D eigenvalue weighted by molar-refractivity contribution is 0.160. The number of rotatable bonds is 8. The van der Waals surface area contributed by atoms with E-state index in [0.29, 0.717) is 23.7 Å². The van der Waals surface area contributed by atoms with Gasteiger partial charge in [-0.3, -0.25) is 0 Å². The fourth-order valence-electron chi connectivity index (χ4n) is 4.84. The average Bonchev–Trinajstić information content (AvgIpc) is 2.71. The molecule has 0 unspecified atom stereocenters. The summed E-state index contributed by atoms with van der Waals surface area (Å²) in [5.41, 5.74) is 2.09. The van der Waals surface area contributed by atoms with Crippen molar-refractivity contribution in [1.82, 2.24) is 0 Å². The largest absolute Gasteiger partial charge is 0.502 e. The molecule has 2 aliphatic rings. The summed E-state index contributed by atoms with van der Waals surface area (Å²) < 4.78 is 25.5. The SMILES string of the molecule is C=COCC1CCC(c2ccc(C3CCC(COC=C)CC3)c(F)c2)CC1. The highest BCUT2D eigenvalue weighted by molar-refractivity contribution is 5.30. The van der Waals surface area contributed by atoms with Crippen LogP contribution < -0.4 is 0 Å². The molecule has 0 atom stereocenters. The van der Waals surface area contributed by atoms with Crippen LogP contribution in [0, 0.1) is 17.7 Å². The summed E-state index contributed by atoms with van der Waals surface area (Å²) in [5.74, 6) is 2.03. The lowest BCUT2D eigenvalue weighted by atomic mass is 9.76. The van der Waals surface area contributed by atoms with Crippen molar-refractivity contribution in [2.75, 3.05) is 13.2 Å². The number of hydrogen-bond donors (Lipinski definition) is 0. The first-order valence-electron chi connectivity index (χ1n) is 10.5. The van der Waals surface area contributed by atoms with Crippen LogP contribution in [0.15, 0.2) is 43.9 Å². The van der Waals surface area contributed by atoms with Crippen LogP contribution in [0.4, 0.5) is 4.39 Å². The average molecular weight is 373 g/mol. The highest BCUT2D eigenvalue weighted by atomic mass is 19.1. The molecule has 0 aliphatic heterocycles. The first kappa shape index (κ1) is 20.0. The predicted molar refractivity (Wildman–Crippen MR) is 108 cm³/mol. The Bertz CT molecular complexity index is 611. The molecule has 0 heterocycles. The number of hydrogen-bond acceptors (Lipinski definition) is 2. The third kappa shape index (κ3) is 5.37. The van der Waals surface area contributed by atoms with Gasteiger partial charge in [-0.1, -0.05) is 25.3 Å². The predicted octanol–water partition coefficient (Wildman–Crippen LogP) is 6.69. The van der Waals surface area contributed by atoms with Crippen molar-refractivity contribution in [3.05, 3.63) is 60.8 Å². The molecule has 2 fully saturated rings. The van der Waals surface area contributed by atoms with Crippen molar-refractivity contribution in [1.29, 1.82) is 0 Å². The van der Waals surface area contributed by atoms with E-state index >= 15 is 0 Å². The summed E-state index contributed by atoms with van der Waals surface area (Å²) in [5, 5.41) is 0. The maximum atomic E-state index is 14.9. The van der Waals surface area contributed by atoms with Gasteiger partial charge in [-0.2, -0.15) is 0 Å². The van der Waals surface area contributed by atoms with E-state index in [4.69, 9.17) is 9.47 Å². The van der Waals surface area contributed by atoms with Gasteiger partial charge in [0.05, 0.1) is 25.7 Å². The molecule has 27 heavy (non-hydrogen) atoms. The number of benzene rings is 1. The van der Waals surface area contributed by atoms with Crippen molar-refractivity contribution in [2.45, 2.75) is 63.2 Å². The summed E-state index contributed by atoms with van der Waals surface area (Å²) in [6.45, 7) is 8.72. The van der Waals surface area contributed by atoms with Crippen molar-refractivity contribution >= 4 is 0 Å². The minimum absolute atomic E-state index is 0.00425. The first-order valence-corrected chi connectivity index (χ1v) is 10.5. The van der Waals surface area contributed by atoms with Crippen LogP contribution in [-0.4, -0.2) is 13.2 Å². The third-order valence-electron chi connectivity index (χ3n) is 6.53. The number of halogens is 1. The van der Waals surface area contributed by atoms with Crippen LogP contribution in [-0.2, 0) is 9.47 Å². The molecule has 0 aromatic heterocycles. The van der Waals surface area contributed by atoms with Gasteiger partial charge in [-0.15, -0.1) is 0 Å². The summed E-state index contributed by atoms with van der Waals surface area (Å²) in [6, 6.07) is 6.05. The minimum Gasteiger partial charge on any atom is -0.502 e. The molecule has 3 heteroatoms. The highest BCUT2D eigenvalue weighted by Crippen LogP contribution is 2.40. The third-order valence-corrected chi connectivity index (χ3v) is 6.53. The molecule has 3 rings (SSSR count).